The number of ether oxygens (including phenoxy) is 1. The maximum atomic E-state index is 12.2. The van der Waals surface area contributed by atoms with Crippen molar-refractivity contribution in [1.82, 2.24) is 10.6 Å². The molecule has 0 bridgehead atoms. The lowest BCUT2D eigenvalue weighted by atomic mass is 10.0. The molecule has 154 valence electrons. The molecule has 2 aromatic rings. The molecule has 0 spiro atoms. The lowest BCUT2D eigenvalue weighted by Crippen LogP contribution is -2.33. The van der Waals surface area contributed by atoms with Crippen LogP contribution in [0.15, 0.2) is 54.6 Å². The zero-order chi connectivity index (χ0) is 21.2. The zero-order valence-electron chi connectivity index (χ0n) is 17.1. The Morgan fingerprint density at radius 2 is 1.52 bits per heavy atom. The number of carbonyl (C=O) groups excluding carboxylic acids is 3. The molecule has 2 atom stereocenters. The van der Waals surface area contributed by atoms with Crippen LogP contribution in [0, 0.1) is 6.92 Å². The lowest BCUT2D eigenvalue weighted by molar-refractivity contribution is -0.149. The van der Waals surface area contributed by atoms with Crippen LogP contribution in [0.4, 0.5) is 0 Å². The lowest BCUT2D eigenvalue weighted by Gasteiger charge is -2.19. The topological polar surface area (TPSA) is 84.5 Å². The SMILES string of the molecule is CC[C@H](NC(=O)COC(=O)C[C@@H](NC(C)=O)c1ccccc1)c1ccc(C)cc1. The number of rotatable bonds is 9. The highest BCUT2D eigenvalue weighted by Gasteiger charge is 2.19. The molecule has 6 heteroatoms. The number of amides is 2. The van der Waals surface area contributed by atoms with Crippen LogP contribution in [0.3, 0.4) is 0 Å². The van der Waals surface area contributed by atoms with E-state index in [9.17, 15) is 14.4 Å². The van der Waals surface area contributed by atoms with Crippen LogP contribution < -0.4 is 10.6 Å². The van der Waals surface area contributed by atoms with Crippen molar-refractivity contribution in [3.8, 4) is 0 Å². The number of benzene rings is 2. The Hall–Kier alpha value is -3.15. The third kappa shape index (κ3) is 7.41. The van der Waals surface area contributed by atoms with Gasteiger partial charge in [-0.2, -0.15) is 0 Å². The molecule has 6 nitrogen and oxygen atoms in total. The minimum Gasteiger partial charge on any atom is -0.456 e. The maximum Gasteiger partial charge on any atom is 0.308 e. The zero-order valence-corrected chi connectivity index (χ0v) is 17.1. The van der Waals surface area contributed by atoms with Gasteiger partial charge < -0.3 is 15.4 Å². The Morgan fingerprint density at radius 1 is 0.897 bits per heavy atom. The summed E-state index contributed by atoms with van der Waals surface area (Å²) in [6.07, 6.45) is 0.674. The Bertz CT molecular complexity index is 819. The second-order valence-electron chi connectivity index (χ2n) is 6.97. The molecule has 0 saturated carbocycles. The summed E-state index contributed by atoms with van der Waals surface area (Å²) in [6, 6.07) is 16.5. The number of esters is 1. The number of hydrogen-bond donors (Lipinski definition) is 2. The Balaban J connectivity index is 1.88. The first kappa shape index (κ1) is 22.1. The van der Waals surface area contributed by atoms with Crippen molar-refractivity contribution < 1.29 is 19.1 Å². The van der Waals surface area contributed by atoms with Crippen molar-refractivity contribution in [2.45, 2.75) is 45.7 Å². The summed E-state index contributed by atoms with van der Waals surface area (Å²) in [4.78, 5) is 35.9. The minimum absolute atomic E-state index is 0.0496. The van der Waals surface area contributed by atoms with Gasteiger partial charge in [-0.3, -0.25) is 14.4 Å². The van der Waals surface area contributed by atoms with E-state index in [-0.39, 0.29) is 30.9 Å². The van der Waals surface area contributed by atoms with Gasteiger partial charge in [0.15, 0.2) is 6.61 Å². The van der Waals surface area contributed by atoms with E-state index >= 15 is 0 Å². The number of aryl methyl sites for hydroxylation is 1. The fourth-order valence-electron chi connectivity index (χ4n) is 3.01. The van der Waals surface area contributed by atoms with Gasteiger partial charge in [0.05, 0.1) is 18.5 Å². The number of nitrogens with one attached hydrogen (secondary N) is 2. The first-order valence-corrected chi connectivity index (χ1v) is 9.72. The van der Waals surface area contributed by atoms with Crippen LogP contribution in [-0.2, 0) is 19.1 Å². The third-order valence-corrected chi connectivity index (χ3v) is 4.54. The molecule has 0 aliphatic heterocycles. The van der Waals surface area contributed by atoms with Gasteiger partial charge in [-0.1, -0.05) is 67.1 Å². The average molecular weight is 396 g/mol. The molecule has 0 aromatic heterocycles. The van der Waals surface area contributed by atoms with Gasteiger partial charge in [0.2, 0.25) is 5.91 Å². The van der Waals surface area contributed by atoms with Crippen LogP contribution in [0.2, 0.25) is 0 Å². The predicted molar refractivity (Wildman–Crippen MR) is 111 cm³/mol. The van der Waals surface area contributed by atoms with E-state index in [4.69, 9.17) is 4.74 Å². The number of hydrogen-bond acceptors (Lipinski definition) is 4. The number of carbonyl (C=O) groups is 3. The minimum atomic E-state index is -0.550. The highest BCUT2D eigenvalue weighted by molar-refractivity contribution is 5.81. The standard InChI is InChI=1S/C23H28N2O4/c1-4-20(19-12-10-16(2)11-13-19)25-22(27)15-29-23(28)14-21(24-17(3)26)18-8-6-5-7-9-18/h5-13,20-21H,4,14-15H2,1-3H3,(H,24,26)(H,25,27)/t20-,21+/m0/s1. The van der Waals surface area contributed by atoms with Crippen molar-refractivity contribution in [2.75, 3.05) is 6.61 Å². The first-order chi connectivity index (χ1) is 13.9. The van der Waals surface area contributed by atoms with Crippen LogP contribution in [-0.4, -0.2) is 24.4 Å². The van der Waals surface area contributed by atoms with E-state index in [1.165, 1.54) is 6.92 Å². The Labute approximate surface area is 171 Å². The molecule has 2 aromatic carbocycles. The summed E-state index contributed by atoms with van der Waals surface area (Å²) >= 11 is 0. The van der Waals surface area contributed by atoms with Crippen molar-refractivity contribution >= 4 is 17.8 Å². The summed E-state index contributed by atoms with van der Waals surface area (Å²) in [5.74, 6) is -1.15. The quantitative estimate of drug-likeness (QED) is 0.637. The molecule has 29 heavy (non-hydrogen) atoms. The molecule has 2 amide bonds. The van der Waals surface area contributed by atoms with Gasteiger partial charge >= 0.3 is 5.97 Å². The molecular formula is C23H28N2O4. The molecular weight excluding hydrogens is 368 g/mol. The monoisotopic (exact) mass is 396 g/mol. The molecule has 2 N–H and O–H groups in total. The summed E-state index contributed by atoms with van der Waals surface area (Å²) in [5, 5.41) is 5.63. The second-order valence-corrected chi connectivity index (χ2v) is 6.97. The molecule has 0 saturated heterocycles. The summed E-state index contributed by atoms with van der Waals surface area (Å²) < 4.78 is 5.14. The van der Waals surface area contributed by atoms with Crippen molar-refractivity contribution in [3.63, 3.8) is 0 Å². The fraction of sp³-hybridized carbons (Fsp3) is 0.348. The van der Waals surface area contributed by atoms with E-state index in [0.717, 1.165) is 23.1 Å². The normalized spacial score (nSPS) is 12.5. The van der Waals surface area contributed by atoms with Crippen LogP contribution in [0.1, 0.15) is 55.5 Å². The fourth-order valence-corrected chi connectivity index (χ4v) is 3.01. The van der Waals surface area contributed by atoms with Crippen molar-refractivity contribution in [3.05, 3.63) is 71.3 Å². The summed E-state index contributed by atoms with van der Waals surface area (Å²) in [5.41, 5.74) is 2.96. The molecule has 0 unspecified atom stereocenters. The van der Waals surface area contributed by atoms with Gasteiger partial charge in [0, 0.05) is 6.92 Å². The smallest absolute Gasteiger partial charge is 0.308 e. The Kier molecular flexibility index (Phi) is 8.40. The van der Waals surface area contributed by atoms with Gasteiger partial charge in [-0.25, -0.2) is 0 Å². The maximum absolute atomic E-state index is 12.2. The van der Waals surface area contributed by atoms with Crippen molar-refractivity contribution in [2.24, 2.45) is 0 Å². The van der Waals surface area contributed by atoms with Gasteiger partial charge in [0.1, 0.15) is 0 Å². The van der Waals surface area contributed by atoms with Gasteiger partial charge in [-0.15, -0.1) is 0 Å². The van der Waals surface area contributed by atoms with E-state index in [0.29, 0.717) is 0 Å². The molecule has 0 heterocycles. The Morgan fingerprint density at radius 3 is 2.10 bits per heavy atom. The summed E-state index contributed by atoms with van der Waals surface area (Å²) in [7, 11) is 0. The molecule has 0 aliphatic rings. The highest BCUT2D eigenvalue weighted by atomic mass is 16.5. The van der Waals surface area contributed by atoms with Crippen LogP contribution in [0.5, 0.6) is 0 Å². The molecule has 0 aliphatic carbocycles. The van der Waals surface area contributed by atoms with Crippen molar-refractivity contribution in [1.29, 1.82) is 0 Å². The van der Waals surface area contributed by atoms with Crippen LogP contribution >= 0.6 is 0 Å². The highest BCUT2D eigenvalue weighted by Crippen LogP contribution is 2.18. The van der Waals surface area contributed by atoms with Gasteiger partial charge in [0.25, 0.3) is 5.91 Å². The average Bonchev–Trinajstić information content (AvgIpc) is 2.71. The van der Waals surface area contributed by atoms with Crippen LogP contribution in [0.25, 0.3) is 0 Å². The van der Waals surface area contributed by atoms with E-state index in [1.54, 1.807) is 0 Å². The van der Waals surface area contributed by atoms with E-state index < -0.39 is 12.0 Å². The van der Waals surface area contributed by atoms with E-state index in [1.807, 2.05) is 68.4 Å². The molecule has 0 fully saturated rings. The summed E-state index contributed by atoms with van der Waals surface area (Å²) in [6.45, 7) is 5.02. The molecule has 0 radical (unpaired) electrons. The first-order valence-electron chi connectivity index (χ1n) is 9.72. The molecule has 2 rings (SSSR count). The van der Waals surface area contributed by atoms with E-state index in [2.05, 4.69) is 10.6 Å². The third-order valence-electron chi connectivity index (χ3n) is 4.54. The second kappa shape index (κ2) is 11.0. The largest absolute Gasteiger partial charge is 0.456 e. The van der Waals surface area contributed by atoms with Gasteiger partial charge in [-0.05, 0) is 24.5 Å². The predicted octanol–water partition coefficient (Wildman–Crippen LogP) is 3.37.